The molecule has 1 aliphatic heterocycles. The number of benzene rings is 11. The fourth-order valence-corrected chi connectivity index (χ4v) is 13.1. The Bertz CT molecular complexity index is 4180. The van der Waals surface area contributed by atoms with Crippen molar-refractivity contribution in [2.24, 2.45) is 0 Å². The highest BCUT2D eigenvalue weighted by Crippen LogP contribution is 2.62. The minimum atomic E-state index is -0.526. The van der Waals surface area contributed by atoms with E-state index < -0.39 is 5.41 Å². The van der Waals surface area contributed by atoms with Crippen molar-refractivity contribution in [3.8, 4) is 16.8 Å². The number of nitrogens with zero attached hydrogens (tertiary/aromatic N) is 2. The summed E-state index contributed by atoms with van der Waals surface area (Å²) < 4.78 is 8.88. The Morgan fingerprint density at radius 3 is 1.84 bits per heavy atom. The largest absolute Gasteiger partial charge is 0.456 e. The summed E-state index contributed by atoms with van der Waals surface area (Å²) in [4.78, 5) is 5.08. The van der Waals surface area contributed by atoms with Gasteiger partial charge in [-0.1, -0.05) is 169 Å². The van der Waals surface area contributed by atoms with Gasteiger partial charge in [-0.2, -0.15) is 0 Å². The number of para-hydroxylation sites is 2. The molecule has 0 bridgehead atoms. The third-order valence-corrected chi connectivity index (χ3v) is 15.8. The fourth-order valence-electron chi connectivity index (χ4n) is 11.9. The molecular formula is C63H38N2OS. The second kappa shape index (κ2) is 13.9. The van der Waals surface area contributed by atoms with E-state index in [9.17, 15) is 0 Å². The quantitative estimate of drug-likeness (QED) is 0.176. The number of rotatable bonds is 4. The van der Waals surface area contributed by atoms with E-state index in [1.54, 1.807) is 0 Å². The zero-order chi connectivity index (χ0) is 43.8. The summed E-state index contributed by atoms with van der Waals surface area (Å²) >= 11 is 1.89. The third-order valence-electron chi connectivity index (χ3n) is 14.6. The summed E-state index contributed by atoms with van der Waals surface area (Å²) in [5, 5.41) is 9.55. The summed E-state index contributed by atoms with van der Waals surface area (Å²) in [7, 11) is 0. The minimum absolute atomic E-state index is 0.526. The fraction of sp³-hybridized carbons (Fsp3) is 0.0159. The van der Waals surface area contributed by atoms with E-state index in [1.807, 2.05) is 17.8 Å². The van der Waals surface area contributed by atoms with Gasteiger partial charge in [0, 0.05) is 53.5 Å². The molecule has 1 spiro atoms. The van der Waals surface area contributed by atoms with Gasteiger partial charge >= 0.3 is 0 Å². The standard InChI is InChI=1S/C63H38N2OS/c1-2-17-42-39(15-1)16-13-27-54(42)65-55-26-9-4-19-44(55)48-37-40(31-34-57(48)65)64(41-32-36-59-49(38-41)45-20-5-10-28-58(45)66-59)56-35-33-46-43-18-3-6-22-50(43)63(53-25-14-21-47(56)62(46)53)51-23-7-11-29-60(51)67-61-30-12-8-24-52(61)63/h1-38H. The van der Waals surface area contributed by atoms with Gasteiger partial charge in [0.05, 0.1) is 27.8 Å². The lowest BCUT2D eigenvalue weighted by Gasteiger charge is -2.46. The summed E-state index contributed by atoms with van der Waals surface area (Å²) in [6, 6.07) is 85.3. The maximum atomic E-state index is 6.44. The zero-order valence-corrected chi connectivity index (χ0v) is 37.0. The molecule has 15 rings (SSSR count). The molecule has 0 unspecified atom stereocenters. The number of fused-ring (bicyclic) bond motifs is 15. The molecule has 13 aromatic rings. The lowest BCUT2D eigenvalue weighted by atomic mass is 9.59. The van der Waals surface area contributed by atoms with Gasteiger partial charge in [-0.15, -0.1) is 0 Å². The lowest BCUT2D eigenvalue weighted by molar-refractivity contribution is 0.669. The van der Waals surface area contributed by atoms with Crippen LogP contribution in [0.4, 0.5) is 17.1 Å². The van der Waals surface area contributed by atoms with E-state index in [-0.39, 0.29) is 0 Å². The van der Waals surface area contributed by atoms with Crippen LogP contribution in [0.15, 0.2) is 245 Å². The van der Waals surface area contributed by atoms with Crippen molar-refractivity contribution in [3.05, 3.63) is 253 Å². The molecule has 0 atom stereocenters. The predicted octanol–water partition coefficient (Wildman–Crippen LogP) is 17.3. The zero-order valence-electron chi connectivity index (χ0n) is 36.2. The van der Waals surface area contributed by atoms with Crippen molar-refractivity contribution in [2.45, 2.75) is 15.2 Å². The van der Waals surface area contributed by atoms with Gasteiger partial charge in [-0.05, 0) is 117 Å². The summed E-state index contributed by atoms with van der Waals surface area (Å²) in [5.41, 5.74) is 15.8. The normalized spacial score (nSPS) is 13.4. The van der Waals surface area contributed by atoms with Crippen LogP contribution in [0.5, 0.6) is 0 Å². The number of furan rings is 1. The third kappa shape index (κ3) is 5.03. The maximum Gasteiger partial charge on any atom is 0.135 e. The first kappa shape index (κ1) is 37.0. The van der Waals surface area contributed by atoms with Crippen LogP contribution >= 0.6 is 11.8 Å². The van der Waals surface area contributed by atoms with Crippen molar-refractivity contribution in [3.63, 3.8) is 0 Å². The average molecular weight is 871 g/mol. The van der Waals surface area contributed by atoms with Gasteiger partial charge in [0.2, 0.25) is 0 Å². The molecule has 312 valence electrons. The van der Waals surface area contributed by atoms with Crippen molar-refractivity contribution in [2.75, 3.05) is 4.90 Å². The second-order valence-corrected chi connectivity index (χ2v) is 19.0. The molecule has 0 saturated heterocycles. The molecule has 0 saturated carbocycles. The predicted molar refractivity (Wildman–Crippen MR) is 279 cm³/mol. The topological polar surface area (TPSA) is 21.3 Å². The molecule has 0 amide bonds. The first-order chi connectivity index (χ1) is 33.2. The SMILES string of the molecule is c1ccc2c(c1)Sc1ccccc1C21c2ccccc2-c2ccc(N(c3ccc4oc5ccccc5c4c3)c3ccc4c(c3)c3ccccc3n4-c3cccc4ccccc34)c3cccc1c23. The van der Waals surface area contributed by atoms with Crippen molar-refractivity contribution >= 4 is 94.1 Å². The molecule has 3 nitrogen and oxygen atoms in total. The first-order valence-electron chi connectivity index (χ1n) is 23.0. The molecule has 2 aromatic heterocycles. The van der Waals surface area contributed by atoms with Crippen molar-refractivity contribution < 1.29 is 4.42 Å². The van der Waals surface area contributed by atoms with Crippen LogP contribution in [0.1, 0.15) is 22.3 Å². The number of aromatic nitrogens is 1. The van der Waals surface area contributed by atoms with Gasteiger partial charge in [0.15, 0.2) is 0 Å². The highest BCUT2D eigenvalue weighted by atomic mass is 32.2. The van der Waals surface area contributed by atoms with Crippen LogP contribution in [0, 0.1) is 0 Å². The molecule has 4 heteroatoms. The van der Waals surface area contributed by atoms with E-state index in [1.165, 1.54) is 92.2 Å². The van der Waals surface area contributed by atoms with Crippen LogP contribution in [0.3, 0.4) is 0 Å². The molecule has 1 aliphatic carbocycles. The average Bonchev–Trinajstić information content (AvgIpc) is 3.93. The number of hydrogen-bond acceptors (Lipinski definition) is 3. The highest BCUT2D eigenvalue weighted by molar-refractivity contribution is 7.99. The van der Waals surface area contributed by atoms with Gasteiger partial charge in [-0.25, -0.2) is 0 Å². The molecule has 0 radical (unpaired) electrons. The molecule has 3 heterocycles. The monoisotopic (exact) mass is 870 g/mol. The smallest absolute Gasteiger partial charge is 0.135 e. The number of anilines is 3. The Hall–Kier alpha value is -8.31. The molecule has 67 heavy (non-hydrogen) atoms. The summed E-state index contributed by atoms with van der Waals surface area (Å²) in [6.07, 6.45) is 0. The van der Waals surface area contributed by atoms with E-state index in [4.69, 9.17) is 4.42 Å². The van der Waals surface area contributed by atoms with Crippen LogP contribution < -0.4 is 4.90 Å². The van der Waals surface area contributed by atoms with Gasteiger partial charge in [0.1, 0.15) is 11.2 Å². The molecule has 0 N–H and O–H groups in total. The van der Waals surface area contributed by atoms with E-state index in [0.29, 0.717) is 0 Å². The molecule has 2 aliphatic rings. The van der Waals surface area contributed by atoms with Crippen molar-refractivity contribution in [1.29, 1.82) is 0 Å². The Morgan fingerprint density at radius 1 is 0.388 bits per heavy atom. The summed E-state index contributed by atoms with van der Waals surface area (Å²) in [5.74, 6) is 0. The van der Waals surface area contributed by atoms with E-state index >= 15 is 0 Å². The summed E-state index contributed by atoms with van der Waals surface area (Å²) in [6.45, 7) is 0. The molecular weight excluding hydrogens is 833 g/mol. The van der Waals surface area contributed by atoms with Crippen LogP contribution in [-0.4, -0.2) is 4.57 Å². The Labute approximate surface area is 390 Å². The molecule has 11 aromatic carbocycles. The second-order valence-electron chi connectivity index (χ2n) is 17.9. The van der Waals surface area contributed by atoms with Crippen LogP contribution in [-0.2, 0) is 5.41 Å². The Morgan fingerprint density at radius 2 is 0.985 bits per heavy atom. The van der Waals surface area contributed by atoms with Gasteiger partial charge < -0.3 is 13.9 Å². The van der Waals surface area contributed by atoms with Crippen LogP contribution in [0.25, 0.3) is 82.1 Å². The highest BCUT2D eigenvalue weighted by Gasteiger charge is 2.48. The Kier molecular flexibility index (Phi) is 7.64. The Balaban J connectivity index is 1.04. The van der Waals surface area contributed by atoms with E-state index in [0.717, 1.165) is 39.0 Å². The maximum absolute atomic E-state index is 6.44. The first-order valence-corrected chi connectivity index (χ1v) is 23.8. The number of hydrogen-bond donors (Lipinski definition) is 0. The van der Waals surface area contributed by atoms with Gasteiger partial charge in [0.25, 0.3) is 0 Å². The van der Waals surface area contributed by atoms with Crippen LogP contribution in [0.2, 0.25) is 0 Å². The van der Waals surface area contributed by atoms with E-state index in [2.05, 4.69) is 234 Å². The molecule has 0 fully saturated rings. The minimum Gasteiger partial charge on any atom is -0.456 e. The van der Waals surface area contributed by atoms with Crippen molar-refractivity contribution in [1.82, 2.24) is 4.57 Å². The lowest BCUT2D eigenvalue weighted by Crippen LogP contribution is -2.36. The van der Waals surface area contributed by atoms with Gasteiger partial charge in [-0.3, -0.25) is 0 Å².